The van der Waals surface area contributed by atoms with E-state index < -0.39 is 23.8 Å². The number of imide groups is 2. The van der Waals surface area contributed by atoms with Crippen molar-refractivity contribution in [3.8, 4) is 11.5 Å². The molecule has 1 fully saturated rings. The minimum atomic E-state index is -1.02. The number of carboxylic acids is 1. The lowest BCUT2D eigenvalue weighted by Crippen LogP contribution is -2.53. The Balaban J connectivity index is 1.56. The summed E-state index contributed by atoms with van der Waals surface area (Å²) in [6.07, 6.45) is 2.77. The number of methoxy groups -OCH3 is 1. The Morgan fingerprint density at radius 3 is 2.56 bits per heavy atom. The third kappa shape index (κ3) is 5.31. The van der Waals surface area contributed by atoms with Gasteiger partial charge >= 0.3 is 12.0 Å². The van der Waals surface area contributed by atoms with Crippen molar-refractivity contribution in [3.05, 3.63) is 87.3 Å². The summed E-state index contributed by atoms with van der Waals surface area (Å²) in [7, 11) is 1.44. The van der Waals surface area contributed by atoms with Crippen molar-refractivity contribution >= 4 is 45.8 Å². The topological polar surface area (TPSA) is 135 Å². The van der Waals surface area contributed by atoms with E-state index in [1.165, 1.54) is 31.6 Å². The van der Waals surface area contributed by atoms with Crippen molar-refractivity contribution in [2.75, 3.05) is 7.11 Å². The molecular weight excluding hydrogens is 536 g/mol. The highest BCUT2D eigenvalue weighted by Gasteiger charge is 2.36. The Morgan fingerprint density at radius 1 is 1.17 bits per heavy atom. The normalized spacial score (nSPS) is 14.7. The number of ether oxygens (including phenoxy) is 2. The van der Waals surface area contributed by atoms with Crippen molar-refractivity contribution in [1.82, 2.24) is 10.2 Å². The van der Waals surface area contributed by atoms with E-state index in [-0.39, 0.29) is 24.3 Å². The molecule has 0 radical (unpaired) electrons. The zero-order valence-corrected chi connectivity index (χ0v) is 20.4. The highest BCUT2D eigenvalue weighted by atomic mass is 79.9. The third-order valence-corrected chi connectivity index (χ3v) is 5.82. The number of amides is 4. The van der Waals surface area contributed by atoms with Gasteiger partial charge in [0.25, 0.3) is 11.8 Å². The van der Waals surface area contributed by atoms with Crippen LogP contribution in [0.4, 0.5) is 4.79 Å². The summed E-state index contributed by atoms with van der Waals surface area (Å²) in [5, 5.41) is 11.2. The standard InChI is InChI=1S/C25H19BrN2O8/c1-34-20-11-15(10-19(26)21(20)36-13-14-4-6-16(7-5-14)24(31)32)9-18-22(29)27-25(33)28(23(18)30)12-17-3-2-8-35-17/h2-11H,12-13H2,1H3,(H,31,32)(H,27,29,33)/b18-9+. The third-order valence-electron chi connectivity index (χ3n) is 5.23. The van der Waals surface area contributed by atoms with Crippen LogP contribution in [0.25, 0.3) is 6.08 Å². The minimum Gasteiger partial charge on any atom is -0.493 e. The van der Waals surface area contributed by atoms with Gasteiger partial charge in [-0.2, -0.15) is 0 Å². The van der Waals surface area contributed by atoms with Gasteiger partial charge < -0.3 is 19.0 Å². The molecule has 0 spiro atoms. The first-order valence-corrected chi connectivity index (χ1v) is 11.3. The molecule has 2 aromatic carbocycles. The largest absolute Gasteiger partial charge is 0.493 e. The number of hydrogen-bond acceptors (Lipinski definition) is 7. The van der Waals surface area contributed by atoms with E-state index in [1.54, 1.807) is 36.4 Å². The van der Waals surface area contributed by atoms with Gasteiger partial charge in [-0.1, -0.05) is 12.1 Å². The van der Waals surface area contributed by atoms with E-state index >= 15 is 0 Å². The number of nitrogens with zero attached hydrogens (tertiary/aromatic N) is 1. The predicted molar refractivity (Wildman–Crippen MR) is 129 cm³/mol. The van der Waals surface area contributed by atoms with E-state index in [2.05, 4.69) is 21.2 Å². The number of aromatic carboxylic acids is 1. The van der Waals surface area contributed by atoms with Crippen molar-refractivity contribution < 1.29 is 38.2 Å². The molecule has 184 valence electrons. The van der Waals surface area contributed by atoms with Crippen LogP contribution >= 0.6 is 15.9 Å². The molecule has 1 saturated heterocycles. The van der Waals surface area contributed by atoms with Crippen LogP contribution in [0.2, 0.25) is 0 Å². The van der Waals surface area contributed by atoms with Gasteiger partial charge in [0.15, 0.2) is 11.5 Å². The molecule has 10 nitrogen and oxygen atoms in total. The number of nitrogens with one attached hydrogen (secondary N) is 1. The number of rotatable bonds is 8. The molecule has 36 heavy (non-hydrogen) atoms. The monoisotopic (exact) mass is 554 g/mol. The van der Waals surface area contributed by atoms with Crippen LogP contribution < -0.4 is 14.8 Å². The van der Waals surface area contributed by atoms with Gasteiger partial charge in [-0.15, -0.1) is 0 Å². The number of carboxylic acid groups (broad SMARTS) is 1. The van der Waals surface area contributed by atoms with Crippen LogP contribution in [0.15, 0.2) is 69.3 Å². The molecule has 0 saturated carbocycles. The number of furan rings is 1. The average molecular weight is 555 g/mol. The van der Waals surface area contributed by atoms with Crippen molar-refractivity contribution in [2.24, 2.45) is 0 Å². The second-order valence-corrected chi connectivity index (χ2v) is 8.47. The molecule has 0 aliphatic carbocycles. The quantitative estimate of drug-likeness (QED) is 0.315. The molecule has 0 unspecified atom stereocenters. The van der Waals surface area contributed by atoms with Gasteiger partial charge in [-0.25, -0.2) is 9.59 Å². The lowest BCUT2D eigenvalue weighted by molar-refractivity contribution is -0.130. The second-order valence-electron chi connectivity index (χ2n) is 7.61. The summed E-state index contributed by atoms with van der Waals surface area (Å²) in [4.78, 5) is 49.5. The number of carbonyl (C=O) groups is 4. The molecule has 11 heteroatoms. The summed E-state index contributed by atoms with van der Waals surface area (Å²) >= 11 is 3.42. The van der Waals surface area contributed by atoms with Gasteiger partial charge in [0.1, 0.15) is 17.9 Å². The maximum absolute atomic E-state index is 12.9. The maximum atomic E-state index is 12.9. The molecule has 4 amide bonds. The minimum absolute atomic E-state index is 0.129. The number of barbiturate groups is 1. The van der Waals surface area contributed by atoms with Crippen LogP contribution in [0.1, 0.15) is 27.2 Å². The summed E-state index contributed by atoms with van der Waals surface area (Å²) < 4.78 is 17.0. The SMILES string of the molecule is COc1cc(/C=C2\C(=O)NC(=O)N(Cc3ccco3)C2=O)cc(Br)c1OCc1ccc(C(=O)O)cc1. The second kappa shape index (κ2) is 10.5. The molecule has 2 N–H and O–H groups in total. The number of hydrogen-bond donors (Lipinski definition) is 2. The lowest BCUT2D eigenvalue weighted by atomic mass is 10.1. The number of carbonyl (C=O) groups excluding carboxylic acids is 3. The van der Waals surface area contributed by atoms with Crippen molar-refractivity contribution in [1.29, 1.82) is 0 Å². The van der Waals surface area contributed by atoms with Crippen LogP contribution in [0, 0.1) is 0 Å². The number of urea groups is 1. The summed E-state index contributed by atoms with van der Waals surface area (Å²) in [5.74, 6) is -1.52. The first-order chi connectivity index (χ1) is 17.3. The summed E-state index contributed by atoms with van der Waals surface area (Å²) in [5.41, 5.74) is 1.12. The van der Waals surface area contributed by atoms with Gasteiger partial charge in [0, 0.05) is 0 Å². The van der Waals surface area contributed by atoms with E-state index in [0.717, 1.165) is 10.5 Å². The Kier molecular flexibility index (Phi) is 7.20. The lowest BCUT2D eigenvalue weighted by Gasteiger charge is -2.25. The van der Waals surface area contributed by atoms with Gasteiger partial charge in [-0.05, 0) is 69.5 Å². The Labute approximate surface area is 213 Å². The van der Waals surface area contributed by atoms with Crippen LogP contribution in [0.3, 0.4) is 0 Å². The molecule has 4 rings (SSSR count). The smallest absolute Gasteiger partial charge is 0.335 e. The molecule has 0 bridgehead atoms. The molecule has 1 aromatic heterocycles. The zero-order valence-electron chi connectivity index (χ0n) is 18.8. The fourth-order valence-electron chi connectivity index (χ4n) is 3.42. The first kappa shape index (κ1) is 24.7. The number of benzene rings is 2. The van der Waals surface area contributed by atoms with Crippen LogP contribution in [0.5, 0.6) is 11.5 Å². The van der Waals surface area contributed by atoms with E-state index in [4.69, 9.17) is 19.0 Å². The summed E-state index contributed by atoms with van der Waals surface area (Å²) in [6, 6.07) is 11.9. The van der Waals surface area contributed by atoms with E-state index in [0.29, 0.717) is 27.3 Å². The maximum Gasteiger partial charge on any atom is 0.335 e. The van der Waals surface area contributed by atoms with Crippen molar-refractivity contribution in [3.63, 3.8) is 0 Å². The van der Waals surface area contributed by atoms with Gasteiger partial charge in [-0.3, -0.25) is 19.8 Å². The van der Waals surface area contributed by atoms with E-state index in [9.17, 15) is 19.2 Å². The van der Waals surface area contributed by atoms with Crippen molar-refractivity contribution in [2.45, 2.75) is 13.2 Å². The number of halogens is 1. The molecule has 2 heterocycles. The van der Waals surface area contributed by atoms with Gasteiger partial charge in [0.2, 0.25) is 0 Å². The predicted octanol–water partition coefficient (Wildman–Crippen LogP) is 3.99. The van der Waals surface area contributed by atoms with Crippen LogP contribution in [-0.4, -0.2) is 40.9 Å². The highest BCUT2D eigenvalue weighted by molar-refractivity contribution is 9.10. The highest BCUT2D eigenvalue weighted by Crippen LogP contribution is 2.38. The molecular formula is C25H19BrN2O8. The van der Waals surface area contributed by atoms with E-state index in [1.807, 2.05) is 0 Å². The summed E-state index contributed by atoms with van der Waals surface area (Å²) in [6.45, 7) is 0.00949. The molecule has 1 aliphatic rings. The fourth-order valence-corrected chi connectivity index (χ4v) is 4.00. The Bertz CT molecular complexity index is 1360. The fraction of sp³-hybridized carbons (Fsp3) is 0.120. The first-order valence-electron chi connectivity index (χ1n) is 10.5. The molecule has 0 atom stereocenters. The van der Waals surface area contributed by atoms with Crippen LogP contribution in [-0.2, 0) is 22.7 Å². The Morgan fingerprint density at radius 2 is 1.92 bits per heavy atom. The van der Waals surface area contributed by atoms with Gasteiger partial charge in [0.05, 0.1) is 30.0 Å². The zero-order chi connectivity index (χ0) is 25.8. The average Bonchev–Trinajstić information content (AvgIpc) is 3.37. The molecule has 1 aliphatic heterocycles. The molecule has 3 aromatic rings. The Hall–Kier alpha value is -4.38.